The van der Waals surface area contributed by atoms with Crippen molar-refractivity contribution in [2.24, 2.45) is 0 Å². The standard InChI is InChI=1S/C16H21FN4O/c1-22-10-9-20-8-6-19-16(20)13-3-2-7-21(12-13)15-4-5-18-11-14(15)17/h4-6,8,11,13H,2-3,7,9-10,12H2,1H3. The molecule has 5 nitrogen and oxygen atoms in total. The fraction of sp³-hybridized carbons (Fsp3) is 0.500. The number of nitrogens with zero attached hydrogens (tertiary/aromatic N) is 4. The number of ether oxygens (including phenoxy) is 1. The molecule has 0 amide bonds. The molecule has 0 spiro atoms. The van der Waals surface area contributed by atoms with Crippen molar-refractivity contribution in [3.8, 4) is 0 Å². The van der Waals surface area contributed by atoms with Gasteiger partial charge in [0, 0.05) is 51.3 Å². The Morgan fingerprint density at radius 2 is 2.32 bits per heavy atom. The van der Waals surface area contributed by atoms with Crippen molar-refractivity contribution < 1.29 is 9.13 Å². The van der Waals surface area contributed by atoms with Gasteiger partial charge in [0.1, 0.15) is 5.82 Å². The van der Waals surface area contributed by atoms with Gasteiger partial charge < -0.3 is 14.2 Å². The molecule has 118 valence electrons. The zero-order valence-corrected chi connectivity index (χ0v) is 12.8. The lowest BCUT2D eigenvalue weighted by atomic mass is 9.96. The molecule has 0 saturated carbocycles. The molecule has 0 bridgehead atoms. The third kappa shape index (κ3) is 3.11. The van der Waals surface area contributed by atoms with Gasteiger partial charge in [-0.25, -0.2) is 9.37 Å². The second-order valence-corrected chi connectivity index (χ2v) is 5.58. The maximum atomic E-state index is 13.9. The average Bonchev–Trinajstić information content (AvgIpc) is 3.02. The van der Waals surface area contributed by atoms with Crippen molar-refractivity contribution in [1.82, 2.24) is 14.5 Å². The summed E-state index contributed by atoms with van der Waals surface area (Å²) < 4.78 is 21.2. The van der Waals surface area contributed by atoms with E-state index in [1.807, 2.05) is 12.4 Å². The highest BCUT2D eigenvalue weighted by molar-refractivity contribution is 5.47. The largest absolute Gasteiger partial charge is 0.383 e. The molecule has 1 aliphatic heterocycles. The fourth-order valence-electron chi connectivity index (χ4n) is 3.09. The Morgan fingerprint density at radius 1 is 1.41 bits per heavy atom. The molecule has 6 heteroatoms. The van der Waals surface area contributed by atoms with Gasteiger partial charge in [-0.15, -0.1) is 0 Å². The third-order valence-electron chi connectivity index (χ3n) is 4.16. The first kappa shape index (κ1) is 15.0. The van der Waals surface area contributed by atoms with Gasteiger partial charge in [0.05, 0.1) is 18.5 Å². The number of aromatic nitrogens is 3. The van der Waals surface area contributed by atoms with Crippen LogP contribution in [-0.2, 0) is 11.3 Å². The molecule has 3 rings (SSSR count). The number of hydrogen-bond donors (Lipinski definition) is 0. The number of hydrogen-bond acceptors (Lipinski definition) is 4. The summed E-state index contributed by atoms with van der Waals surface area (Å²) in [5.41, 5.74) is 0.634. The van der Waals surface area contributed by atoms with Crippen LogP contribution < -0.4 is 4.90 Å². The molecule has 1 unspecified atom stereocenters. The molecule has 0 N–H and O–H groups in total. The van der Waals surface area contributed by atoms with Crippen LogP contribution in [0.25, 0.3) is 0 Å². The smallest absolute Gasteiger partial charge is 0.164 e. The van der Waals surface area contributed by atoms with Crippen LogP contribution in [0.1, 0.15) is 24.6 Å². The molecule has 0 radical (unpaired) electrons. The first-order valence-corrected chi connectivity index (χ1v) is 7.64. The average molecular weight is 304 g/mol. The molecular formula is C16H21FN4O. The van der Waals surface area contributed by atoms with Gasteiger partial charge in [-0.3, -0.25) is 4.98 Å². The van der Waals surface area contributed by atoms with Crippen LogP contribution >= 0.6 is 0 Å². The highest BCUT2D eigenvalue weighted by Gasteiger charge is 2.26. The molecule has 1 aliphatic rings. The number of piperidine rings is 1. The van der Waals surface area contributed by atoms with Crippen LogP contribution in [0.3, 0.4) is 0 Å². The number of pyridine rings is 1. The lowest BCUT2D eigenvalue weighted by Gasteiger charge is -2.34. The maximum Gasteiger partial charge on any atom is 0.164 e. The number of rotatable bonds is 5. The molecule has 0 aliphatic carbocycles. The Labute approximate surface area is 129 Å². The van der Waals surface area contributed by atoms with Crippen molar-refractivity contribution in [3.63, 3.8) is 0 Å². The van der Waals surface area contributed by atoms with Crippen molar-refractivity contribution in [3.05, 3.63) is 42.5 Å². The van der Waals surface area contributed by atoms with Crippen LogP contribution in [-0.4, -0.2) is 41.3 Å². The predicted molar refractivity (Wildman–Crippen MR) is 82.5 cm³/mol. The van der Waals surface area contributed by atoms with Crippen molar-refractivity contribution in [2.45, 2.75) is 25.3 Å². The predicted octanol–water partition coefficient (Wildman–Crippen LogP) is 2.45. The summed E-state index contributed by atoms with van der Waals surface area (Å²) in [6.45, 7) is 3.12. The highest BCUT2D eigenvalue weighted by Crippen LogP contribution is 2.30. The monoisotopic (exact) mass is 304 g/mol. The summed E-state index contributed by atoms with van der Waals surface area (Å²) in [5.74, 6) is 1.12. The number of anilines is 1. The van der Waals surface area contributed by atoms with E-state index in [1.54, 1.807) is 19.4 Å². The Kier molecular flexibility index (Phi) is 4.68. The number of imidazole rings is 1. The highest BCUT2D eigenvalue weighted by atomic mass is 19.1. The first-order valence-electron chi connectivity index (χ1n) is 7.64. The van der Waals surface area contributed by atoms with E-state index in [0.717, 1.165) is 38.3 Å². The summed E-state index contributed by atoms with van der Waals surface area (Å²) in [6.07, 6.45) is 8.84. The van der Waals surface area contributed by atoms with E-state index < -0.39 is 0 Å². The zero-order valence-electron chi connectivity index (χ0n) is 12.8. The van der Waals surface area contributed by atoms with Crippen molar-refractivity contribution >= 4 is 5.69 Å². The quantitative estimate of drug-likeness (QED) is 0.851. The van der Waals surface area contributed by atoms with Gasteiger partial charge >= 0.3 is 0 Å². The van der Waals surface area contributed by atoms with E-state index in [2.05, 4.69) is 19.4 Å². The van der Waals surface area contributed by atoms with Gasteiger partial charge in [0.25, 0.3) is 0 Å². The minimum Gasteiger partial charge on any atom is -0.383 e. The lowest BCUT2D eigenvalue weighted by molar-refractivity contribution is 0.185. The SMILES string of the molecule is COCCn1ccnc1C1CCCN(c2ccncc2F)C1. The normalized spacial score (nSPS) is 18.6. The second-order valence-electron chi connectivity index (χ2n) is 5.58. The Morgan fingerprint density at radius 3 is 3.14 bits per heavy atom. The molecule has 1 saturated heterocycles. The van der Waals surface area contributed by atoms with Gasteiger partial charge in [-0.05, 0) is 18.9 Å². The van der Waals surface area contributed by atoms with Crippen LogP contribution in [0.5, 0.6) is 0 Å². The maximum absolute atomic E-state index is 13.9. The van der Waals surface area contributed by atoms with Crippen molar-refractivity contribution in [2.75, 3.05) is 31.7 Å². The van der Waals surface area contributed by atoms with Gasteiger partial charge in [0.15, 0.2) is 5.82 Å². The molecule has 1 atom stereocenters. The van der Waals surface area contributed by atoms with Crippen LogP contribution in [0.15, 0.2) is 30.9 Å². The Hall–Kier alpha value is -1.95. The summed E-state index contributed by atoms with van der Waals surface area (Å²) in [4.78, 5) is 10.4. The summed E-state index contributed by atoms with van der Waals surface area (Å²) in [7, 11) is 1.70. The van der Waals surface area contributed by atoms with E-state index in [4.69, 9.17) is 4.74 Å². The summed E-state index contributed by atoms with van der Waals surface area (Å²) in [6, 6.07) is 1.75. The number of methoxy groups -OCH3 is 1. The molecule has 3 heterocycles. The molecule has 0 aromatic carbocycles. The summed E-state index contributed by atoms with van der Waals surface area (Å²) >= 11 is 0. The van der Waals surface area contributed by atoms with E-state index in [0.29, 0.717) is 18.2 Å². The van der Waals surface area contributed by atoms with E-state index in [-0.39, 0.29) is 5.82 Å². The third-order valence-corrected chi connectivity index (χ3v) is 4.16. The molecule has 1 fully saturated rings. The molecule has 2 aromatic rings. The Bertz CT molecular complexity index is 616. The van der Waals surface area contributed by atoms with Gasteiger partial charge in [-0.2, -0.15) is 0 Å². The van der Waals surface area contributed by atoms with Gasteiger partial charge in [-0.1, -0.05) is 0 Å². The van der Waals surface area contributed by atoms with E-state index in [1.165, 1.54) is 6.20 Å². The first-order chi connectivity index (χ1) is 10.8. The topological polar surface area (TPSA) is 43.2 Å². The van der Waals surface area contributed by atoms with Crippen molar-refractivity contribution in [1.29, 1.82) is 0 Å². The molecule has 22 heavy (non-hydrogen) atoms. The lowest BCUT2D eigenvalue weighted by Crippen LogP contribution is -2.36. The minimum atomic E-state index is -0.258. The van der Waals surface area contributed by atoms with E-state index in [9.17, 15) is 4.39 Å². The fourth-order valence-corrected chi connectivity index (χ4v) is 3.09. The Balaban J connectivity index is 1.76. The van der Waals surface area contributed by atoms with E-state index >= 15 is 0 Å². The van der Waals surface area contributed by atoms with Crippen LogP contribution in [0, 0.1) is 5.82 Å². The molecule has 2 aromatic heterocycles. The second kappa shape index (κ2) is 6.87. The summed E-state index contributed by atoms with van der Waals surface area (Å²) in [5, 5.41) is 0. The molecular weight excluding hydrogens is 283 g/mol. The number of halogens is 1. The van der Waals surface area contributed by atoms with Crippen LogP contribution in [0.2, 0.25) is 0 Å². The van der Waals surface area contributed by atoms with Gasteiger partial charge in [0.2, 0.25) is 0 Å². The van der Waals surface area contributed by atoms with Crippen LogP contribution in [0.4, 0.5) is 10.1 Å². The zero-order chi connectivity index (χ0) is 15.4. The minimum absolute atomic E-state index is 0.258.